The van der Waals surface area contributed by atoms with Crippen LogP contribution in [-0.4, -0.2) is 4.57 Å². The number of hydrogen-bond acceptors (Lipinski definition) is 1. The highest BCUT2D eigenvalue weighted by Gasteiger charge is 2.47. The van der Waals surface area contributed by atoms with Crippen molar-refractivity contribution in [3.05, 3.63) is 138 Å². The molecular formula is C42H31NS. The number of fused-ring (bicyclic) bond motifs is 15. The molecule has 6 aromatic carbocycles. The van der Waals surface area contributed by atoms with Crippen molar-refractivity contribution in [3.8, 4) is 27.9 Å². The fourth-order valence-corrected chi connectivity index (χ4v) is 9.96. The van der Waals surface area contributed by atoms with Crippen molar-refractivity contribution in [2.24, 2.45) is 0 Å². The van der Waals surface area contributed by atoms with E-state index in [0.29, 0.717) is 0 Å². The Hall–Kier alpha value is -4.66. The highest BCUT2D eigenvalue weighted by Crippen LogP contribution is 2.63. The molecule has 2 aromatic heterocycles. The van der Waals surface area contributed by atoms with Gasteiger partial charge in [-0.2, -0.15) is 0 Å². The summed E-state index contributed by atoms with van der Waals surface area (Å²) in [6, 6.07) is 43.3. The van der Waals surface area contributed by atoms with Crippen LogP contribution in [-0.2, 0) is 10.8 Å². The quantitative estimate of drug-likeness (QED) is 0.182. The van der Waals surface area contributed by atoms with Crippen LogP contribution in [0.3, 0.4) is 0 Å². The first kappa shape index (κ1) is 24.7. The Kier molecular flexibility index (Phi) is 4.54. The highest BCUT2D eigenvalue weighted by molar-refractivity contribution is 7.25. The molecule has 0 saturated heterocycles. The SMILES string of the molecule is CC1(C)c2ccccc2-c2c1c1c(c3c2c2ccccc2n3-c2ccc3sc4ccccc4c3c2)C(C)(C)c2ccccc2-1. The third-order valence-electron chi connectivity index (χ3n) is 10.7. The zero-order valence-corrected chi connectivity index (χ0v) is 26.1. The van der Waals surface area contributed by atoms with Gasteiger partial charge in [0.05, 0.1) is 11.0 Å². The molecule has 2 heteroatoms. The average molecular weight is 582 g/mol. The highest BCUT2D eigenvalue weighted by atomic mass is 32.1. The molecule has 0 amide bonds. The van der Waals surface area contributed by atoms with E-state index in [2.05, 4.69) is 148 Å². The monoisotopic (exact) mass is 581 g/mol. The van der Waals surface area contributed by atoms with Crippen LogP contribution in [0.2, 0.25) is 0 Å². The Balaban J connectivity index is 1.47. The first-order chi connectivity index (χ1) is 21.4. The van der Waals surface area contributed by atoms with Gasteiger partial charge in [-0.25, -0.2) is 0 Å². The standard InChI is InChI=1S/C42H31NS/c1-41(2)30-17-9-5-14-26(30)35-36-28-16-7-11-19-32(28)43(24-21-22-34-29(23-24)25-13-8-12-20-33(25)44-34)40(36)39-37(38(35)41)27-15-6-10-18-31(27)42(39,3)4/h5-23H,1-4H3. The van der Waals surface area contributed by atoms with Gasteiger partial charge in [0.25, 0.3) is 0 Å². The van der Waals surface area contributed by atoms with Gasteiger partial charge >= 0.3 is 0 Å². The van der Waals surface area contributed by atoms with Gasteiger partial charge in [-0.1, -0.05) is 113 Å². The van der Waals surface area contributed by atoms with Crippen molar-refractivity contribution >= 4 is 53.3 Å². The first-order valence-electron chi connectivity index (χ1n) is 15.6. The van der Waals surface area contributed by atoms with E-state index in [1.165, 1.54) is 92.2 Å². The molecule has 1 nitrogen and oxygen atoms in total. The summed E-state index contributed by atoms with van der Waals surface area (Å²) < 4.78 is 5.28. The van der Waals surface area contributed by atoms with Crippen LogP contribution in [0.5, 0.6) is 0 Å². The van der Waals surface area contributed by atoms with Crippen molar-refractivity contribution in [1.29, 1.82) is 0 Å². The van der Waals surface area contributed by atoms with Gasteiger partial charge in [0.1, 0.15) is 0 Å². The molecule has 10 rings (SSSR count). The van der Waals surface area contributed by atoms with Crippen molar-refractivity contribution < 1.29 is 0 Å². The van der Waals surface area contributed by atoms with Gasteiger partial charge in [0, 0.05) is 47.5 Å². The van der Waals surface area contributed by atoms with E-state index >= 15 is 0 Å². The topological polar surface area (TPSA) is 4.93 Å². The van der Waals surface area contributed by atoms with E-state index in [1.807, 2.05) is 11.3 Å². The number of rotatable bonds is 1. The molecule has 0 unspecified atom stereocenters. The molecule has 0 atom stereocenters. The average Bonchev–Trinajstić information content (AvgIpc) is 3.72. The van der Waals surface area contributed by atoms with Gasteiger partial charge < -0.3 is 4.57 Å². The number of thiophene rings is 1. The van der Waals surface area contributed by atoms with Gasteiger partial charge in [0.2, 0.25) is 0 Å². The number of aromatic nitrogens is 1. The van der Waals surface area contributed by atoms with Gasteiger partial charge in [0.15, 0.2) is 0 Å². The maximum Gasteiger partial charge on any atom is 0.0594 e. The maximum absolute atomic E-state index is 2.59. The minimum atomic E-state index is -0.157. The fourth-order valence-electron chi connectivity index (χ4n) is 8.88. The smallest absolute Gasteiger partial charge is 0.0594 e. The first-order valence-corrected chi connectivity index (χ1v) is 16.4. The molecule has 44 heavy (non-hydrogen) atoms. The largest absolute Gasteiger partial charge is 0.309 e. The maximum atomic E-state index is 2.59. The van der Waals surface area contributed by atoms with Crippen LogP contribution in [0.25, 0.3) is 69.9 Å². The van der Waals surface area contributed by atoms with Gasteiger partial charge in [-0.05, 0) is 74.8 Å². The summed E-state index contributed by atoms with van der Waals surface area (Å²) in [6.45, 7) is 9.76. The minimum Gasteiger partial charge on any atom is -0.309 e. The number of benzene rings is 6. The van der Waals surface area contributed by atoms with Crippen LogP contribution in [0.4, 0.5) is 0 Å². The molecule has 8 aromatic rings. The Bertz CT molecular complexity index is 2550. The lowest BCUT2D eigenvalue weighted by atomic mass is 9.76. The van der Waals surface area contributed by atoms with Gasteiger partial charge in [-0.3, -0.25) is 0 Å². The predicted molar refractivity (Wildman–Crippen MR) is 189 cm³/mol. The van der Waals surface area contributed by atoms with E-state index in [0.717, 1.165) is 0 Å². The Morgan fingerprint density at radius 2 is 1.11 bits per heavy atom. The zero-order chi connectivity index (χ0) is 29.5. The number of para-hydroxylation sites is 1. The Labute approximate surface area is 261 Å². The zero-order valence-electron chi connectivity index (χ0n) is 25.3. The fraction of sp³-hybridized carbons (Fsp3) is 0.143. The number of nitrogens with zero attached hydrogens (tertiary/aromatic N) is 1. The summed E-state index contributed by atoms with van der Waals surface area (Å²) in [5.74, 6) is 0. The second-order valence-electron chi connectivity index (χ2n) is 13.7. The summed E-state index contributed by atoms with van der Waals surface area (Å²) >= 11 is 1.89. The molecule has 2 aliphatic carbocycles. The molecule has 2 aliphatic rings. The normalized spacial score (nSPS) is 15.6. The van der Waals surface area contributed by atoms with Crippen molar-refractivity contribution in [3.63, 3.8) is 0 Å². The van der Waals surface area contributed by atoms with E-state index < -0.39 is 0 Å². The third-order valence-corrected chi connectivity index (χ3v) is 11.9. The van der Waals surface area contributed by atoms with Crippen molar-refractivity contribution in [2.75, 3.05) is 0 Å². The second kappa shape index (κ2) is 8.08. The summed E-state index contributed by atoms with van der Waals surface area (Å²) in [5.41, 5.74) is 15.0. The minimum absolute atomic E-state index is 0.116. The summed E-state index contributed by atoms with van der Waals surface area (Å²) in [6.07, 6.45) is 0. The lowest BCUT2D eigenvalue weighted by Crippen LogP contribution is -2.19. The van der Waals surface area contributed by atoms with E-state index in [9.17, 15) is 0 Å². The molecule has 0 fully saturated rings. The van der Waals surface area contributed by atoms with Crippen molar-refractivity contribution in [2.45, 2.75) is 38.5 Å². The van der Waals surface area contributed by atoms with Crippen LogP contribution in [0, 0.1) is 0 Å². The molecule has 210 valence electrons. The lowest BCUT2D eigenvalue weighted by molar-refractivity contribution is 0.650. The summed E-state index contributed by atoms with van der Waals surface area (Å²) in [7, 11) is 0. The van der Waals surface area contributed by atoms with Crippen LogP contribution < -0.4 is 0 Å². The molecule has 0 radical (unpaired) electrons. The number of hydrogen-bond donors (Lipinski definition) is 0. The molecule has 0 saturated carbocycles. The van der Waals surface area contributed by atoms with Crippen molar-refractivity contribution in [1.82, 2.24) is 4.57 Å². The van der Waals surface area contributed by atoms with Gasteiger partial charge in [-0.15, -0.1) is 11.3 Å². The molecular weight excluding hydrogens is 551 g/mol. The predicted octanol–water partition coefficient (Wildman–Crippen LogP) is 11.8. The molecule has 0 spiro atoms. The van der Waals surface area contributed by atoms with Crippen LogP contribution in [0.15, 0.2) is 115 Å². The molecule has 0 N–H and O–H groups in total. The van der Waals surface area contributed by atoms with E-state index in [4.69, 9.17) is 0 Å². The molecule has 0 aliphatic heterocycles. The summed E-state index contributed by atoms with van der Waals surface area (Å²) in [4.78, 5) is 0. The molecule has 0 bridgehead atoms. The van der Waals surface area contributed by atoms with E-state index in [1.54, 1.807) is 0 Å². The second-order valence-corrected chi connectivity index (χ2v) is 14.8. The Morgan fingerprint density at radius 3 is 1.89 bits per heavy atom. The summed E-state index contributed by atoms with van der Waals surface area (Å²) in [5, 5.41) is 5.39. The Morgan fingerprint density at radius 1 is 0.523 bits per heavy atom. The van der Waals surface area contributed by atoms with Crippen LogP contribution >= 0.6 is 11.3 Å². The lowest BCUT2D eigenvalue weighted by Gasteiger charge is -2.28. The van der Waals surface area contributed by atoms with E-state index in [-0.39, 0.29) is 10.8 Å². The van der Waals surface area contributed by atoms with Crippen LogP contribution in [0.1, 0.15) is 49.9 Å². The third kappa shape index (κ3) is 2.82. The molecule has 2 heterocycles.